The molecule has 30 heavy (non-hydrogen) atoms. The minimum Gasteiger partial charge on any atom is -0.478 e. The third-order valence-electron chi connectivity index (χ3n) is 5.74. The van der Waals surface area contributed by atoms with Crippen LogP contribution in [0.5, 0.6) is 0 Å². The van der Waals surface area contributed by atoms with Gasteiger partial charge in [-0.15, -0.1) is 0 Å². The van der Waals surface area contributed by atoms with Crippen molar-refractivity contribution in [1.29, 1.82) is 0 Å². The van der Waals surface area contributed by atoms with E-state index in [9.17, 15) is 9.90 Å². The van der Waals surface area contributed by atoms with E-state index in [1.165, 1.54) is 16.7 Å². The second-order valence-electron chi connectivity index (χ2n) is 7.73. The Hall–Kier alpha value is -2.82. The molecule has 1 fully saturated rings. The van der Waals surface area contributed by atoms with E-state index in [2.05, 4.69) is 46.2 Å². The van der Waals surface area contributed by atoms with Crippen LogP contribution in [0.4, 0.5) is 5.69 Å². The molecule has 0 atom stereocenters. The van der Waals surface area contributed by atoms with Gasteiger partial charge in [0.1, 0.15) is 0 Å². The van der Waals surface area contributed by atoms with Crippen LogP contribution >= 0.6 is 11.6 Å². The van der Waals surface area contributed by atoms with Gasteiger partial charge < -0.3 is 10.0 Å². The molecule has 5 heteroatoms. The van der Waals surface area contributed by atoms with Gasteiger partial charge in [0.25, 0.3) is 0 Å². The molecule has 0 bridgehead atoms. The molecule has 1 heterocycles. The minimum absolute atomic E-state index is 0.371. The first-order chi connectivity index (χ1) is 14.5. The molecule has 1 saturated heterocycles. The second-order valence-corrected chi connectivity index (χ2v) is 8.17. The van der Waals surface area contributed by atoms with E-state index < -0.39 is 5.97 Å². The highest BCUT2D eigenvalue weighted by Crippen LogP contribution is 2.27. The van der Waals surface area contributed by atoms with Crippen LogP contribution in [0.15, 0.2) is 66.7 Å². The summed E-state index contributed by atoms with van der Waals surface area (Å²) >= 11 is 6.05. The maximum Gasteiger partial charge on any atom is 0.335 e. The van der Waals surface area contributed by atoms with Crippen molar-refractivity contribution in [3.63, 3.8) is 0 Å². The van der Waals surface area contributed by atoms with Crippen LogP contribution in [-0.2, 0) is 6.54 Å². The molecule has 0 unspecified atom stereocenters. The standard InChI is InChI=1S/C25H25ClN2O2/c1-18-16-22(10-11-23(18)25(29)30)28-14-12-27(13-15-28)17-20-4-2-3-5-24(20)19-6-8-21(26)9-7-19/h2-11,16H,12-15,17H2,1H3,(H,29,30). The van der Waals surface area contributed by atoms with Gasteiger partial charge >= 0.3 is 5.97 Å². The number of anilines is 1. The number of carbonyl (C=O) groups is 1. The van der Waals surface area contributed by atoms with Gasteiger partial charge in [-0.05, 0) is 59.5 Å². The van der Waals surface area contributed by atoms with Gasteiger partial charge in [-0.3, -0.25) is 4.90 Å². The Balaban J connectivity index is 1.43. The Labute approximate surface area is 182 Å². The fourth-order valence-corrected chi connectivity index (χ4v) is 4.18. The van der Waals surface area contributed by atoms with Crippen molar-refractivity contribution >= 4 is 23.3 Å². The lowest BCUT2D eigenvalue weighted by Crippen LogP contribution is -2.46. The van der Waals surface area contributed by atoms with Gasteiger partial charge in [0.15, 0.2) is 0 Å². The highest BCUT2D eigenvalue weighted by atomic mass is 35.5. The Morgan fingerprint density at radius 1 is 0.967 bits per heavy atom. The molecule has 0 aromatic heterocycles. The molecule has 0 spiro atoms. The van der Waals surface area contributed by atoms with E-state index in [1.54, 1.807) is 6.07 Å². The zero-order valence-electron chi connectivity index (χ0n) is 17.0. The molecule has 3 aromatic carbocycles. The topological polar surface area (TPSA) is 43.8 Å². The number of benzene rings is 3. The summed E-state index contributed by atoms with van der Waals surface area (Å²) in [5.41, 5.74) is 6.02. The van der Waals surface area contributed by atoms with Crippen molar-refractivity contribution in [1.82, 2.24) is 4.90 Å². The van der Waals surface area contributed by atoms with Crippen LogP contribution in [0.3, 0.4) is 0 Å². The number of aryl methyl sites for hydroxylation is 1. The number of piperazine rings is 1. The van der Waals surface area contributed by atoms with Crippen molar-refractivity contribution in [2.24, 2.45) is 0 Å². The highest BCUT2D eigenvalue weighted by Gasteiger charge is 2.19. The fraction of sp³-hybridized carbons (Fsp3) is 0.240. The van der Waals surface area contributed by atoms with Gasteiger partial charge in [-0.1, -0.05) is 48.0 Å². The van der Waals surface area contributed by atoms with Crippen molar-refractivity contribution in [2.75, 3.05) is 31.1 Å². The molecule has 0 radical (unpaired) electrons. The molecule has 0 aliphatic carbocycles. The van der Waals surface area contributed by atoms with E-state index in [0.29, 0.717) is 5.56 Å². The molecular formula is C25H25ClN2O2. The Kier molecular flexibility index (Phi) is 6.07. The van der Waals surface area contributed by atoms with Crippen molar-refractivity contribution in [3.8, 4) is 11.1 Å². The number of hydrogen-bond donors (Lipinski definition) is 1. The van der Waals surface area contributed by atoms with Crippen LogP contribution in [0.25, 0.3) is 11.1 Å². The SMILES string of the molecule is Cc1cc(N2CCN(Cc3ccccc3-c3ccc(Cl)cc3)CC2)ccc1C(=O)O. The van der Waals surface area contributed by atoms with Crippen LogP contribution < -0.4 is 4.90 Å². The lowest BCUT2D eigenvalue weighted by atomic mass is 9.99. The van der Waals surface area contributed by atoms with Gasteiger partial charge in [0.2, 0.25) is 0 Å². The van der Waals surface area contributed by atoms with Crippen molar-refractivity contribution in [2.45, 2.75) is 13.5 Å². The zero-order chi connectivity index (χ0) is 21.1. The Morgan fingerprint density at radius 2 is 1.67 bits per heavy atom. The largest absolute Gasteiger partial charge is 0.478 e. The number of carboxylic acid groups (broad SMARTS) is 1. The van der Waals surface area contributed by atoms with Gasteiger partial charge in [-0.25, -0.2) is 4.79 Å². The zero-order valence-corrected chi connectivity index (χ0v) is 17.8. The van der Waals surface area contributed by atoms with Crippen LogP contribution in [-0.4, -0.2) is 42.2 Å². The van der Waals surface area contributed by atoms with E-state index in [0.717, 1.165) is 49.0 Å². The van der Waals surface area contributed by atoms with E-state index in [4.69, 9.17) is 11.6 Å². The molecule has 1 aliphatic rings. The molecule has 3 aromatic rings. The van der Waals surface area contributed by atoms with E-state index in [-0.39, 0.29) is 0 Å². The molecule has 4 nitrogen and oxygen atoms in total. The summed E-state index contributed by atoms with van der Waals surface area (Å²) in [6.07, 6.45) is 0. The lowest BCUT2D eigenvalue weighted by Gasteiger charge is -2.36. The molecule has 1 N–H and O–H groups in total. The van der Waals surface area contributed by atoms with Crippen molar-refractivity contribution in [3.05, 3.63) is 88.4 Å². The van der Waals surface area contributed by atoms with Gasteiger partial charge in [0.05, 0.1) is 5.56 Å². The summed E-state index contributed by atoms with van der Waals surface area (Å²) in [6, 6.07) is 22.2. The molecule has 4 rings (SSSR count). The minimum atomic E-state index is -0.872. The summed E-state index contributed by atoms with van der Waals surface area (Å²) in [4.78, 5) is 16.1. The predicted molar refractivity (Wildman–Crippen MR) is 123 cm³/mol. The first kappa shape index (κ1) is 20.5. The first-order valence-corrected chi connectivity index (χ1v) is 10.5. The maximum atomic E-state index is 11.2. The quantitative estimate of drug-likeness (QED) is 0.605. The lowest BCUT2D eigenvalue weighted by molar-refractivity contribution is 0.0696. The number of aromatic carboxylic acids is 1. The number of halogens is 1. The smallest absolute Gasteiger partial charge is 0.335 e. The first-order valence-electron chi connectivity index (χ1n) is 10.2. The summed E-state index contributed by atoms with van der Waals surface area (Å²) < 4.78 is 0. The number of hydrogen-bond acceptors (Lipinski definition) is 3. The third kappa shape index (κ3) is 4.50. The third-order valence-corrected chi connectivity index (χ3v) is 6.00. The summed E-state index contributed by atoms with van der Waals surface area (Å²) in [5, 5.41) is 9.98. The van der Waals surface area contributed by atoms with Crippen LogP contribution in [0.1, 0.15) is 21.5 Å². The normalized spacial score (nSPS) is 14.7. The molecule has 0 saturated carbocycles. The van der Waals surface area contributed by atoms with E-state index >= 15 is 0 Å². The van der Waals surface area contributed by atoms with Gasteiger partial charge in [-0.2, -0.15) is 0 Å². The molecule has 0 amide bonds. The molecule has 154 valence electrons. The van der Waals surface area contributed by atoms with Gasteiger partial charge in [0, 0.05) is 43.4 Å². The summed E-state index contributed by atoms with van der Waals surface area (Å²) in [7, 11) is 0. The number of carboxylic acids is 1. The predicted octanol–water partition coefficient (Wildman–Crippen LogP) is 5.34. The molecule has 1 aliphatic heterocycles. The monoisotopic (exact) mass is 420 g/mol. The fourth-order valence-electron chi connectivity index (χ4n) is 4.06. The summed E-state index contributed by atoms with van der Waals surface area (Å²) in [6.45, 7) is 6.55. The Morgan fingerprint density at radius 3 is 2.33 bits per heavy atom. The van der Waals surface area contributed by atoms with E-state index in [1.807, 2.05) is 31.2 Å². The van der Waals surface area contributed by atoms with Crippen LogP contribution in [0, 0.1) is 6.92 Å². The number of nitrogens with zero attached hydrogens (tertiary/aromatic N) is 2. The average molecular weight is 421 g/mol. The highest BCUT2D eigenvalue weighted by molar-refractivity contribution is 6.30. The average Bonchev–Trinajstić information content (AvgIpc) is 2.75. The summed E-state index contributed by atoms with van der Waals surface area (Å²) in [5.74, 6) is -0.872. The Bertz CT molecular complexity index is 1040. The number of rotatable bonds is 5. The van der Waals surface area contributed by atoms with Crippen molar-refractivity contribution < 1.29 is 9.90 Å². The maximum absolute atomic E-state index is 11.2. The molecular weight excluding hydrogens is 396 g/mol. The van der Waals surface area contributed by atoms with Crippen LogP contribution in [0.2, 0.25) is 5.02 Å². The second kappa shape index (κ2) is 8.90.